The molecule has 1 N–H and O–H groups in total. The highest BCUT2D eigenvalue weighted by Gasteiger charge is 2.50. The first-order valence-corrected chi connectivity index (χ1v) is 8.56. The lowest BCUT2D eigenvalue weighted by atomic mass is 9.78. The largest absolute Gasteiger partial charge is 0.340 e. The first-order valence-electron chi connectivity index (χ1n) is 7.68. The van der Waals surface area contributed by atoms with Crippen molar-refractivity contribution in [3.63, 3.8) is 0 Å². The molecule has 1 saturated heterocycles. The van der Waals surface area contributed by atoms with Crippen molar-refractivity contribution in [2.24, 2.45) is 0 Å². The zero-order valence-corrected chi connectivity index (χ0v) is 13.1. The molecule has 2 aliphatic rings. The Balaban J connectivity index is 1.88. The highest BCUT2D eigenvalue weighted by Crippen LogP contribution is 2.34. The molecule has 2 heterocycles. The predicted octanol–water partition coefficient (Wildman–Crippen LogP) is 2.08. The third-order valence-electron chi connectivity index (χ3n) is 4.59. The van der Waals surface area contributed by atoms with Gasteiger partial charge in [-0.2, -0.15) is 0 Å². The van der Waals surface area contributed by atoms with Crippen LogP contribution in [0.15, 0.2) is 11.6 Å². The Hall–Kier alpha value is -1.43. The van der Waals surface area contributed by atoms with Crippen LogP contribution in [0.4, 0.5) is 0 Å². The number of thiazole rings is 1. The molecule has 0 bridgehead atoms. The van der Waals surface area contributed by atoms with Gasteiger partial charge in [0.1, 0.15) is 16.6 Å². The summed E-state index contributed by atoms with van der Waals surface area (Å²) in [5.41, 5.74) is -0.655. The van der Waals surface area contributed by atoms with Crippen molar-refractivity contribution < 1.29 is 9.59 Å². The Morgan fingerprint density at radius 1 is 1.38 bits per heavy atom. The molecule has 1 aromatic heterocycles. The molecule has 1 atom stereocenters. The van der Waals surface area contributed by atoms with Crippen LogP contribution >= 0.6 is 11.3 Å². The Labute approximate surface area is 128 Å². The van der Waals surface area contributed by atoms with Crippen molar-refractivity contribution in [3.8, 4) is 0 Å². The molecule has 1 aliphatic carbocycles. The van der Waals surface area contributed by atoms with E-state index in [-0.39, 0.29) is 17.9 Å². The van der Waals surface area contributed by atoms with Gasteiger partial charge in [0.15, 0.2) is 0 Å². The number of rotatable bonds is 3. The normalized spacial score (nSPS) is 25.2. The quantitative estimate of drug-likeness (QED) is 0.930. The number of amides is 2. The summed E-state index contributed by atoms with van der Waals surface area (Å²) in [6.07, 6.45) is 7.08. The highest BCUT2D eigenvalue weighted by atomic mass is 32.1. The molecule has 2 amide bonds. The van der Waals surface area contributed by atoms with Gasteiger partial charge in [0.25, 0.3) is 0 Å². The fraction of sp³-hybridized carbons (Fsp3) is 0.667. The van der Waals surface area contributed by atoms with Crippen molar-refractivity contribution in [3.05, 3.63) is 16.6 Å². The SMILES string of the molecule is CCC1C(=O)NC2(CCCCC2)C(=O)N1Cc1nccs1. The average molecular weight is 307 g/mol. The molecule has 1 unspecified atom stereocenters. The van der Waals surface area contributed by atoms with E-state index in [1.807, 2.05) is 12.3 Å². The first-order chi connectivity index (χ1) is 10.2. The fourth-order valence-corrected chi connectivity index (χ4v) is 4.10. The van der Waals surface area contributed by atoms with Crippen LogP contribution in [0.5, 0.6) is 0 Å². The lowest BCUT2D eigenvalue weighted by molar-refractivity contribution is -0.157. The second-order valence-corrected chi connectivity index (χ2v) is 6.89. The maximum atomic E-state index is 13.0. The van der Waals surface area contributed by atoms with Crippen molar-refractivity contribution in [2.45, 2.75) is 63.6 Å². The number of hydrogen-bond donors (Lipinski definition) is 1. The van der Waals surface area contributed by atoms with E-state index in [1.165, 1.54) is 11.3 Å². The summed E-state index contributed by atoms with van der Waals surface area (Å²) >= 11 is 1.53. The number of nitrogens with zero attached hydrogens (tertiary/aromatic N) is 2. The molecule has 21 heavy (non-hydrogen) atoms. The third kappa shape index (κ3) is 2.57. The number of piperazine rings is 1. The predicted molar refractivity (Wildman–Crippen MR) is 80.7 cm³/mol. The Morgan fingerprint density at radius 2 is 2.14 bits per heavy atom. The number of hydrogen-bond acceptors (Lipinski definition) is 4. The molecule has 0 aromatic carbocycles. The lowest BCUT2D eigenvalue weighted by Crippen LogP contribution is -2.70. The minimum absolute atomic E-state index is 0.00411. The number of aromatic nitrogens is 1. The smallest absolute Gasteiger partial charge is 0.249 e. The molecule has 2 fully saturated rings. The summed E-state index contributed by atoms with van der Waals surface area (Å²) in [4.78, 5) is 31.5. The first kappa shape index (κ1) is 14.5. The van der Waals surface area contributed by atoms with Crippen LogP contribution in [0.3, 0.4) is 0 Å². The number of carbonyl (C=O) groups excluding carboxylic acids is 2. The highest BCUT2D eigenvalue weighted by molar-refractivity contribution is 7.09. The summed E-state index contributed by atoms with van der Waals surface area (Å²) in [6.45, 7) is 2.40. The summed E-state index contributed by atoms with van der Waals surface area (Å²) in [6, 6.07) is -0.367. The van der Waals surface area contributed by atoms with Crippen molar-refractivity contribution in [1.29, 1.82) is 0 Å². The second kappa shape index (κ2) is 5.75. The van der Waals surface area contributed by atoms with E-state index in [0.29, 0.717) is 13.0 Å². The Morgan fingerprint density at radius 3 is 2.76 bits per heavy atom. The van der Waals surface area contributed by atoms with Crippen molar-refractivity contribution in [1.82, 2.24) is 15.2 Å². The Bertz CT molecular complexity index is 523. The van der Waals surface area contributed by atoms with E-state index in [9.17, 15) is 9.59 Å². The molecule has 1 aromatic rings. The van der Waals surface area contributed by atoms with Crippen LogP contribution in [-0.2, 0) is 16.1 Å². The van der Waals surface area contributed by atoms with Gasteiger partial charge in [0.05, 0.1) is 6.54 Å². The van der Waals surface area contributed by atoms with Gasteiger partial charge >= 0.3 is 0 Å². The molecular formula is C15H21N3O2S. The molecule has 5 nitrogen and oxygen atoms in total. The molecule has 3 rings (SSSR count). The minimum atomic E-state index is -0.655. The van der Waals surface area contributed by atoms with Gasteiger partial charge in [0.2, 0.25) is 11.8 Å². The average Bonchev–Trinajstić information content (AvgIpc) is 2.99. The van der Waals surface area contributed by atoms with Crippen LogP contribution in [-0.4, -0.2) is 33.3 Å². The van der Waals surface area contributed by atoms with E-state index < -0.39 is 5.54 Å². The lowest BCUT2D eigenvalue weighted by Gasteiger charge is -2.47. The van der Waals surface area contributed by atoms with Crippen LogP contribution in [0.25, 0.3) is 0 Å². The Kier molecular flexibility index (Phi) is 3.97. The maximum Gasteiger partial charge on any atom is 0.249 e. The van der Waals surface area contributed by atoms with E-state index in [0.717, 1.165) is 37.1 Å². The molecule has 1 spiro atoms. The van der Waals surface area contributed by atoms with Gasteiger partial charge in [-0.25, -0.2) is 4.98 Å². The van der Waals surface area contributed by atoms with Gasteiger partial charge in [-0.1, -0.05) is 26.2 Å². The van der Waals surface area contributed by atoms with Crippen LogP contribution < -0.4 is 5.32 Å². The zero-order chi connectivity index (χ0) is 14.9. The molecule has 114 valence electrons. The standard InChI is InChI=1S/C15H21N3O2S/c1-2-11-13(19)17-15(6-4-3-5-7-15)14(20)18(11)10-12-16-8-9-21-12/h8-9,11H,2-7,10H2,1H3,(H,17,19). The molecule has 1 saturated carbocycles. The summed E-state index contributed by atoms with van der Waals surface area (Å²) in [5.74, 6) is 0.0828. The number of nitrogens with one attached hydrogen (secondary N) is 1. The minimum Gasteiger partial charge on any atom is -0.340 e. The second-order valence-electron chi connectivity index (χ2n) is 5.91. The van der Waals surface area contributed by atoms with Gasteiger partial charge < -0.3 is 10.2 Å². The molecule has 0 radical (unpaired) electrons. The van der Waals surface area contributed by atoms with Crippen LogP contribution in [0, 0.1) is 0 Å². The zero-order valence-electron chi connectivity index (χ0n) is 12.3. The molecule has 6 heteroatoms. The van der Waals surface area contributed by atoms with Gasteiger partial charge in [0, 0.05) is 11.6 Å². The van der Waals surface area contributed by atoms with Crippen molar-refractivity contribution >= 4 is 23.2 Å². The third-order valence-corrected chi connectivity index (χ3v) is 5.36. The monoisotopic (exact) mass is 307 g/mol. The molecular weight excluding hydrogens is 286 g/mol. The van der Waals surface area contributed by atoms with Gasteiger partial charge in [-0.15, -0.1) is 11.3 Å². The van der Waals surface area contributed by atoms with E-state index in [1.54, 1.807) is 11.1 Å². The summed E-state index contributed by atoms with van der Waals surface area (Å²) in [5, 5.41) is 5.84. The van der Waals surface area contributed by atoms with E-state index in [4.69, 9.17) is 0 Å². The van der Waals surface area contributed by atoms with Gasteiger partial charge in [-0.3, -0.25) is 9.59 Å². The van der Waals surface area contributed by atoms with Crippen LogP contribution in [0.1, 0.15) is 50.5 Å². The maximum absolute atomic E-state index is 13.0. The summed E-state index contributed by atoms with van der Waals surface area (Å²) in [7, 11) is 0. The molecule has 1 aliphatic heterocycles. The van der Waals surface area contributed by atoms with Crippen LogP contribution in [0.2, 0.25) is 0 Å². The number of carbonyl (C=O) groups is 2. The van der Waals surface area contributed by atoms with Crippen molar-refractivity contribution in [2.75, 3.05) is 0 Å². The van der Waals surface area contributed by atoms with E-state index in [2.05, 4.69) is 10.3 Å². The van der Waals surface area contributed by atoms with Gasteiger partial charge in [-0.05, 0) is 19.3 Å². The van der Waals surface area contributed by atoms with E-state index >= 15 is 0 Å². The summed E-state index contributed by atoms with van der Waals surface area (Å²) < 4.78 is 0. The topological polar surface area (TPSA) is 62.3 Å². The fourth-order valence-electron chi connectivity index (χ4n) is 3.49.